The van der Waals surface area contributed by atoms with Crippen LogP contribution in [0.2, 0.25) is 0 Å². The summed E-state index contributed by atoms with van der Waals surface area (Å²) in [7, 11) is 0. The molecule has 1 unspecified atom stereocenters. The van der Waals surface area contributed by atoms with Gasteiger partial charge in [-0.05, 0) is 6.92 Å². The number of hydrogen-bond donors (Lipinski definition) is 4. The van der Waals surface area contributed by atoms with Crippen LogP contribution >= 0.6 is 0 Å². The standard InChI is InChI=1S/C8H16N2O5/c1-3-10(15-3)5-7(13)6(12)4(2-11)14-8(5)9/h3-8,11-13H,2,9H2,1H3/t3-,4-,5-,6-,7-,8-,10?/m1/s1. The van der Waals surface area contributed by atoms with E-state index in [2.05, 4.69) is 0 Å². The fraction of sp³-hybridized carbons (Fsp3) is 1.00. The van der Waals surface area contributed by atoms with E-state index >= 15 is 0 Å². The van der Waals surface area contributed by atoms with Gasteiger partial charge in [0, 0.05) is 0 Å². The second kappa shape index (κ2) is 3.95. The number of rotatable bonds is 2. The van der Waals surface area contributed by atoms with Crippen LogP contribution < -0.4 is 5.73 Å². The van der Waals surface area contributed by atoms with Crippen molar-refractivity contribution < 1.29 is 24.9 Å². The maximum atomic E-state index is 9.79. The zero-order valence-corrected chi connectivity index (χ0v) is 8.35. The molecular formula is C8H16N2O5. The number of hydroxylamine groups is 2. The minimum Gasteiger partial charge on any atom is -0.394 e. The Morgan fingerprint density at radius 1 is 1.33 bits per heavy atom. The second-order valence-corrected chi connectivity index (χ2v) is 3.86. The molecule has 2 aliphatic heterocycles. The molecule has 2 fully saturated rings. The molecular weight excluding hydrogens is 204 g/mol. The van der Waals surface area contributed by atoms with Gasteiger partial charge < -0.3 is 25.8 Å². The highest BCUT2D eigenvalue weighted by Crippen LogP contribution is 2.31. The van der Waals surface area contributed by atoms with Crippen LogP contribution in [0.5, 0.6) is 0 Å². The van der Waals surface area contributed by atoms with Crippen LogP contribution in [0, 0.1) is 0 Å². The summed E-state index contributed by atoms with van der Waals surface area (Å²) < 4.78 is 5.18. The van der Waals surface area contributed by atoms with Crippen LogP contribution in [0.4, 0.5) is 0 Å². The highest BCUT2D eigenvalue weighted by Gasteiger charge is 2.52. The van der Waals surface area contributed by atoms with E-state index in [9.17, 15) is 10.2 Å². The predicted molar refractivity (Wildman–Crippen MR) is 48.1 cm³/mol. The number of ether oxygens (including phenoxy) is 1. The van der Waals surface area contributed by atoms with Gasteiger partial charge in [0.1, 0.15) is 30.6 Å². The van der Waals surface area contributed by atoms with Crippen LogP contribution in [0.1, 0.15) is 6.92 Å². The van der Waals surface area contributed by atoms with Crippen LogP contribution in [0.25, 0.3) is 0 Å². The molecule has 0 spiro atoms. The maximum Gasteiger partial charge on any atom is 0.152 e. The average Bonchev–Trinajstić information content (AvgIpc) is 2.89. The molecule has 2 heterocycles. The first-order valence-electron chi connectivity index (χ1n) is 4.89. The van der Waals surface area contributed by atoms with Gasteiger partial charge >= 0.3 is 0 Å². The Bertz CT molecular complexity index is 241. The molecule has 0 amide bonds. The first-order chi connectivity index (χ1) is 7.06. The number of nitrogens with two attached hydrogens (primary N) is 1. The molecule has 0 aromatic carbocycles. The zero-order valence-electron chi connectivity index (χ0n) is 8.35. The molecule has 88 valence electrons. The third-order valence-corrected chi connectivity index (χ3v) is 2.81. The topological polar surface area (TPSA) is 111 Å². The van der Waals surface area contributed by atoms with Gasteiger partial charge in [0.05, 0.1) is 6.61 Å². The molecule has 0 aliphatic carbocycles. The molecule has 7 nitrogen and oxygen atoms in total. The Hall–Kier alpha value is -0.280. The van der Waals surface area contributed by atoms with Gasteiger partial charge in [-0.3, -0.25) is 4.84 Å². The quantitative estimate of drug-likeness (QED) is 0.376. The summed E-state index contributed by atoms with van der Waals surface area (Å²) >= 11 is 0. The van der Waals surface area contributed by atoms with E-state index < -0.39 is 30.6 Å². The van der Waals surface area contributed by atoms with Gasteiger partial charge in [0.15, 0.2) is 6.23 Å². The first-order valence-corrected chi connectivity index (χ1v) is 4.89. The molecule has 7 heteroatoms. The summed E-state index contributed by atoms with van der Waals surface area (Å²) in [6.45, 7) is 1.42. The van der Waals surface area contributed by atoms with Gasteiger partial charge in [-0.1, -0.05) is 0 Å². The normalized spacial score (nSPS) is 55.4. The highest BCUT2D eigenvalue weighted by molar-refractivity contribution is 4.96. The average molecular weight is 220 g/mol. The van der Waals surface area contributed by atoms with Crippen LogP contribution in [0.3, 0.4) is 0 Å². The van der Waals surface area contributed by atoms with Crippen molar-refractivity contribution in [2.45, 2.75) is 43.7 Å². The second-order valence-electron chi connectivity index (χ2n) is 3.86. The summed E-state index contributed by atoms with van der Waals surface area (Å²) in [6, 6.07) is -0.599. The fourth-order valence-electron chi connectivity index (χ4n) is 1.89. The highest BCUT2D eigenvalue weighted by atomic mass is 16.8. The number of nitrogens with zero attached hydrogens (tertiary/aromatic N) is 1. The third-order valence-electron chi connectivity index (χ3n) is 2.81. The molecule has 5 N–H and O–H groups in total. The molecule has 15 heavy (non-hydrogen) atoms. The summed E-state index contributed by atoms with van der Waals surface area (Å²) in [6.07, 6.45) is -4.00. The Morgan fingerprint density at radius 3 is 2.40 bits per heavy atom. The van der Waals surface area contributed by atoms with Crippen molar-refractivity contribution in [3.8, 4) is 0 Å². The first kappa shape index (κ1) is 11.2. The van der Waals surface area contributed by atoms with Crippen molar-refractivity contribution in [2.24, 2.45) is 5.73 Å². The van der Waals surface area contributed by atoms with Gasteiger partial charge in [0.25, 0.3) is 0 Å². The number of hydrogen-bond acceptors (Lipinski definition) is 7. The minimum atomic E-state index is -1.16. The summed E-state index contributed by atoms with van der Waals surface area (Å²) in [5, 5.41) is 29.8. The Labute approximate surface area is 86.9 Å². The van der Waals surface area contributed by atoms with E-state index in [0.717, 1.165) is 0 Å². The van der Waals surface area contributed by atoms with Crippen molar-refractivity contribution >= 4 is 0 Å². The smallest absolute Gasteiger partial charge is 0.152 e. The van der Waals surface area contributed by atoms with Gasteiger partial charge in [-0.2, -0.15) is 0 Å². The lowest BCUT2D eigenvalue weighted by Gasteiger charge is -2.40. The SMILES string of the molecule is C[C@H]1ON1[C@@H]1[C@@H](O)[C@H](O)[C@@H](CO)O[C@H]1N. The third kappa shape index (κ3) is 1.87. The van der Waals surface area contributed by atoms with Crippen molar-refractivity contribution in [1.29, 1.82) is 0 Å². The van der Waals surface area contributed by atoms with E-state index in [1.54, 1.807) is 6.92 Å². The van der Waals surface area contributed by atoms with Gasteiger partial charge in [-0.25, -0.2) is 0 Å². The molecule has 2 saturated heterocycles. The summed E-state index contributed by atoms with van der Waals surface area (Å²) in [5.74, 6) is 0. The van der Waals surface area contributed by atoms with Crippen LogP contribution in [0.15, 0.2) is 0 Å². The van der Waals surface area contributed by atoms with Crippen LogP contribution in [-0.2, 0) is 9.57 Å². The lowest BCUT2D eigenvalue weighted by atomic mass is 9.96. The Morgan fingerprint density at radius 2 is 1.93 bits per heavy atom. The zero-order chi connectivity index (χ0) is 11.2. The van der Waals surface area contributed by atoms with Crippen LogP contribution in [-0.4, -0.2) is 63.8 Å². The van der Waals surface area contributed by atoms with E-state index in [1.165, 1.54) is 5.06 Å². The molecule has 2 aliphatic rings. The van der Waals surface area contributed by atoms with E-state index in [-0.39, 0.29) is 12.8 Å². The summed E-state index contributed by atoms with van der Waals surface area (Å²) in [4.78, 5) is 5.05. The molecule has 0 saturated carbocycles. The largest absolute Gasteiger partial charge is 0.394 e. The Kier molecular flexibility index (Phi) is 2.95. The van der Waals surface area contributed by atoms with Crippen molar-refractivity contribution in [3.63, 3.8) is 0 Å². The van der Waals surface area contributed by atoms with E-state index in [0.29, 0.717) is 0 Å². The van der Waals surface area contributed by atoms with Gasteiger partial charge in [-0.15, -0.1) is 5.06 Å². The maximum absolute atomic E-state index is 9.79. The molecule has 0 aromatic rings. The fourth-order valence-corrected chi connectivity index (χ4v) is 1.89. The minimum absolute atomic E-state index is 0.128. The lowest BCUT2D eigenvalue weighted by molar-refractivity contribution is -0.213. The molecule has 2 rings (SSSR count). The predicted octanol–water partition coefficient (Wildman–Crippen LogP) is -2.65. The molecule has 0 aromatic heterocycles. The molecule has 0 bridgehead atoms. The van der Waals surface area contributed by atoms with Crippen molar-refractivity contribution in [1.82, 2.24) is 5.06 Å². The van der Waals surface area contributed by atoms with E-state index in [1.807, 2.05) is 0 Å². The number of aliphatic hydroxyl groups excluding tert-OH is 3. The number of aliphatic hydroxyl groups is 3. The van der Waals surface area contributed by atoms with Gasteiger partial charge in [0.2, 0.25) is 0 Å². The monoisotopic (exact) mass is 220 g/mol. The molecule has 0 radical (unpaired) electrons. The lowest BCUT2D eigenvalue weighted by Crippen LogP contribution is -2.63. The van der Waals surface area contributed by atoms with E-state index in [4.69, 9.17) is 20.4 Å². The van der Waals surface area contributed by atoms with Crippen molar-refractivity contribution in [3.05, 3.63) is 0 Å². The summed E-state index contributed by atoms with van der Waals surface area (Å²) in [5.41, 5.74) is 5.67. The Balaban J connectivity index is 2.06. The van der Waals surface area contributed by atoms with Crippen molar-refractivity contribution in [2.75, 3.05) is 6.61 Å². The molecule has 7 atom stereocenters.